The smallest absolute Gasteiger partial charge is 0.264 e. The first-order chi connectivity index (χ1) is 22.0. The van der Waals surface area contributed by atoms with Gasteiger partial charge in [0.05, 0.1) is 22.7 Å². The number of sulfonamides is 1. The molecule has 4 rings (SSSR count). The number of methoxy groups -OCH3 is 1. The van der Waals surface area contributed by atoms with Gasteiger partial charge in [-0.05, 0) is 61.7 Å². The Bertz CT molecular complexity index is 1740. The third-order valence-corrected chi connectivity index (χ3v) is 9.82. The highest BCUT2D eigenvalue weighted by Gasteiger charge is 2.35. The molecular weight excluding hydrogens is 622 g/mol. The van der Waals surface area contributed by atoms with Crippen LogP contribution in [-0.2, 0) is 32.6 Å². The Balaban J connectivity index is 1.83. The van der Waals surface area contributed by atoms with Gasteiger partial charge in [-0.25, -0.2) is 8.42 Å². The lowest BCUT2D eigenvalue weighted by Gasteiger charge is -2.34. The highest BCUT2D eigenvalue weighted by Crippen LogP contribution is 2.32. The minimum atomic E-state index is -4.24. The van der Waals surface area contributed by atoms with E-state index in [1.165, 1.54) is 30.2 Å². The minimum absolute atomic E-state index is 0.00956. The minimum Gasteiger partial charge on any atom is -0.495 e. The first kappa shape index (κ1) is 34.5. The van der Waals surface area contributed by atoms with Crippen LogP contribution in [0.1, 0.15) is 37.0 Å². The zero-order valence-corrected chi connectivity index (χ0v) is 28.1. The van der Waals surface area contributed by atoms with Crippen LogP contribution in [0.15, 0.2) is 108 Å². The second-order valence-electron chi connectivity index (χ2n) is 11.2. The average Bonchev–Trinajstić information content (AvgIpc) is 3.05. The molecule has 0 aromatic heterocycles. The van der Waals surface area contributed by atoms with E-state index in [0.717, 1.165) is 21.0 Å². The molecule has 4 aromatic carbocycles. The third kappa shape index (κ3) is 8.68. The maximum Gasteiger partial charge on any atom is 0.264 e. The predicted octanol–water partition coefficient (Wildman–Crippen LogP) is 6.41. The number of carbonyl (C=O) groups excluding carboxylic acids is 2. The standard InChI is InChI=1S/C36H40ClN3O5S/c1-5-27(3)38-36(42)33(22-28-14-8-6-9-15-28)39(24-29-16-12-13-26(2)21-29)35(41)25-40(30-19-20-34(45-4)32(37)23-30)46(43,44)31-17-10-7-11-18-31/h6-21,23,27,33H,5,22,24-25H2,1-4H3,(H,38,42)/t27-,33-/m1/s1. The first-order valence-electron chi connectivity index (χ1n) is 15.1. The van der Waals surface area contributed by atoms with Crippen LogP contribution in [0, 0.1) is 6.92 Å². The van der Waals surface area contributed by atoms with Crippen molar-refractivity contribution in [3.8, 4) is 5.75 Å². The van der Waals surface area contributed by atoms with Crippen LogP contribution < -0.4 is 14.4 Å². The maximum atomic E-state index is 14.6. The largest absolute Gasteiger partial charge is 0.495 e. The predicted molar refractivity (Wildman–Crippen MR) is 183 cm³/mol. The van der Waals surface area contributed by atoms with Crippen LogP contribution in [0.5, 0.6) is 5.75 Å². The second kappa shape index (κ2) is 15.8. The number of amides is 2. The van der Waals surface area contributed by atoms with Crippen molar-refractivity contribution >= 4 is 39.1 Å². The van der Waals surface area contributed by atoms with Crippen molar-refractivity contribution in [1.82, 2.24) is 10.2 Å². The third-order valence-electron chi connectivity index (χ3n) is 7.74. The van der Waals surface area contributed by atoms with Crippen LogP contribution in [0.3, 0.4) is 0 Å². The van der Waals surface area contributed by atoms with Crippen molar-refractivity contribution in [3.63, 3.8) is 0 Å². The number of anilines is 1. The van der Waals surface area contributed by atoms with Gasteiger partial charge in [-0.2, -0.15) is 0 Å². The molecular formula is C36H40ClN3O5S. The van der Waals surface area contributed by atoms with E-state index in [9.17, 15) is 18.0 Å². The van der Waals surface area contributed by atoms with E-state index in [0.29, 0.717) is 12.2 Å². The van der Waals surface area contributed by atoms with E-state index in [1.807, 2.05) is 75.4 Å². The molecule has 0 aliphatic carbocycles. The van der Waals surface area contributed by atoms with Crippen molar-refractivity contribution in [1.29, 1.82) is 0 Å². The number of hydrogen-bond acceptors (Lipinski definition) is 5. The number of ether oxygens (including phenoxy) is 1. The molecule has 0 saturated carbocycles. The first-order valence-corrected chi connectivity index (χ1v) is 17.0. The SMILES string of the molecule is CC[C@@H](C)NC(=O)[C@@H](Cc1ccccc1)N(Cc1cccc(C)c1)C(=O)CN(c1ccc(OC)c(Cl)c1)S(=O)(=O)c1ccccc1. The average molecular weight is 662 g/mol. The lowest BCUT2D eigenvalue weighted by Crippen LogP contribution is -2.54. The van der Waals surface area contributed by atoms with Gasteiger partial charge in [0, 0.05) is 19.0 Å². The Morgan fingerprint density at radius 2 is 1.54 bits per heavy atom. The second-order valence-corrected chi connectivity index (χ2v) is 13.4. The molecule has 0 aliphatic rings. The van der Waals surface area contributed by atoms with Gasteiger partial charge in [-0.15, -0.1) is 0 Å². The number of nitrogens with zero attached hydrogens (tertiary/aromatic N) is 2. The molecule has 8 nitrogen and oxygen atoms in total. The molecule has 10 heteroatoms. The Labute approximate surface area is 277 Å². The number of aryl methyl sites for hydroxylation is 1. The van der Waals surface area contributed by atoms with Crippen LogP contribution >= 0.6 is 11.6 Å². The zero-order valence-electron chi connectivity index (χ0n) is 26.5. The van der Waals surface area contributed by atoms with Gasteiger partial charge >= 0.3 is 0 Å². The van der Waals surface area contributed by atoms with Gasteiger partial charge in [-0.1, -0.05) is 96.9 Å². The van der Waals surface area contributed by atoms with Gasteiger partial charge in [0.15, 0.2) is 0 Å². The molecule has 0 unspecified atom stereocenters. The van der Waals surface area contributed by atoms with Gasteiger partial charge < -0.3 is 15.0 Å². The Kier molecular flexibility index (Phi) is 11.8. The summed E-state index contributed by atoms with van der Waals surface area (Å²) in [5.41, 5.74) is 2.86. The number of rotatable bonds is 14. The fraction of sp³-hybridized carbons (Fsp3) is 0.278. The van der Waals surface area contributed by atoms with E-state index < -0.39 is 28.5 Å². The van der Waals surface area contributed by atoms with E-state index in [2.05, 4.69) is 5.32 Å². The fourth-order valence-corrected chi connectivity index (χ4v) is 6.74. The molecule has 0 aliphatic heterocycles. The Hall–Kier alpha value is -4.34. The highest BCUT2D eigenvalue weighted by atomic mass is 35.5. The van der Waals surface area contributed by atoms with Gasteiger partial charge in [-0.3, -0.25) is 13.9 Å². The summed E-state index contributed by atoms with van der Waals surface area (Å²) >= 11 is 6.44. The Morgan fingerprint density at radius 1 is 0.891 bits per heavy atom. The molecule has 2 amide bonds. The number of hydrogen-bond donors (Lipinski definition) is 1. The van der Waals surface area contributed by atoms with Crippen LogP contribution in [0.4, 0.5) is 5.69 Å². The normalized spacial score (nSPS) is 12.5. The Morgan fingerprint density at radius 3 is 2.15 bits per heavy atom. The van der Waals surface area contributed by atoms with Gasteiger partial charge in [0.1, 0.15) is 18.3 Å². The number of nitrogens with one attached hydrogen (secondary N) is 1. The summed E-state index contributed by atoms with van der Waals surface area (Å²) in [5.74, 6) is -0.503. The van der Waals surface area contributed by atoms with E-state index in [4.69, 9.17) is 16.3 Å². The van der Waals surface area contributed by atoms with Crippen LogP contribution in [0.2, 0.25) is 5.02 Å². The molecule has 4 aromatic rings. The number of benzene rings is 4. The van der Waals surface area contributed by atoms with Gasteiger partial charge in [0.2, 0.25) is 11.8 Å². The number of halogens is 1. The quantitative estimate of drug-likeness (QED) is 0.169. The van der Waals surface area contributed by atoms with Crippen molar-refractivity contribution in [3.05, 3.63) is 125 Å². The van der Waals surface area contributed by atoms with Crippen molar-refractivity contribution in [2.75, 3.05) is 18.0 Å². The van der Waals surface area contributed by atoms with Crippen LogP contribution in [-0.4, -0.2) is 50.9 Å². The molecule has 0 fully saturated rings. The monoisotopic (exact) mass is 661 g/mol. The summed E-state index contributed by atoms with van der Waals surface area (Å²) in [5, 5.41) is 3.23. The topological polar surface area (TPSA) is 96.0 Å². The molecule has 2 atom stereocenters. The molecule has 242 valence electrons. The number of carbonyl (C=O) groups is 2. The van der Waals surface area contributed by atoms with Crippen molar-refractivity contribution in [2.24, 2.45) is 0 Å². The van der Waals surface area contributed by atoms with Crippen molar-refractivity contribution < 1.29 is 22.7 Å². The maximum absolute atomic E-state index is 14.6. The summed E-state index contributed by atoms with van der Waals surface area (Å²) in [6.07, 6.45) is 0.942. The molecule has 1 N–H and O–H groups in total. The summed E-state index contributed by atoms with van der Waals surface area (Å²) in [7, 11) is -2.78. The molecule has 0 heterocycles. The fourth-order valence-electron chi connectivity index (χ4n) is 5.06. The van der Waals surface area contributed by atoms with E-state index in [-0.39, 0.29) is 40.5 Å². The van der Waals surface area contributed by atoms with E-state index >= 15 is 0 Å². The lowest BCUT2D eigenvalue weighted by atomic mass is 10.0. The van der Waals surface area contributed by atoms with Gasteiger partial charge in [0.25, 0.3) is 10.0 Å². The summed E-state index contributed by atoms with van der Waals surface area (Å²) < 4.78 is 34.6. The molecule has 46 heavy (non-hydrogen) atoms. The lowest BCUT2D eigenvalue weighted by molar-refractivity contribution is -0.140. The molecule has 0 bridgehead atoms. The molecule has 0 radical (unpaired) electrons. The summed E-state index contributed by atoms with van der Waals surface area (Å²) in [4.78, 5) is 30.0. The molecule has 0 saturated heterocycles. The summed E-state index contributed by atoms with van der Waals surface area (Å²) in [6, 6.07) is 28.5. The summed E-state index contributed by atoms with van der Waals surface area (Å²) in [6.45, 7) is 5.35. The van der Waals surface area contributed by atoms with Crippen LogP contribution in [0.25, 0.3) is 0 Å². The zero-order chi connectivity index (χ0) is 33.3. The highest BCUT2D eigenvalue weighted by molar-refractivity contribution is 7.92. The molecule has 0 spiro atoms. The van der Waals surface area contributed by atoms with Crippen molar-refractivity contribution in [2.45, 2.75) is 57.1 Å². The van der Waals surface area contributed by atoms with E-state index in [1.54, 1.807) is 30.3 Å².